The number of nitrogens with two attached hydrogens (primary N) is 1. The Balaban J connectivity index is 2.95. The minimum absolute atomic E-state index is 0.0783. The molecule has 3 nitrogen and oxygen atoms in total. The van der Waals surface area contributed by atoms with Crippen LogP contribution in [0.2, 0.25) is 0 Å². The summed E-state index contributed by atoms with van der Waals surface area (Å²) in [5, 5.41) is 13.4. The van der Waals surface area contributed by atoms with E-state index in [9.17, 15) is 5.11 Å². The quantitative estimate of drug-likeness (QED) is 0.764. The first-order chi connectivity index (χ1) is 8.77. The summed E-state index contributed by atoms with van der Waals surface area (Å²) < 4.78 is 0. The molecule has 0 aliphatic rings. The van der Waals surface area contributed by atoms with Crippen molar-refractivity contribution in [1.82, 2.24) is 5.32 Å². The number of hydrogen-bond donors (Lipinski definition) is 3. The van der Waals surface area contributed by atoms with Gasteiger partial charge < -0.3 is 16.2 Å². The average Bonchev–Trinajstić information content (AvgIpc) is 2.34. The van der Waals surface area contributed by atoms with Gasteiger partial charge >= 0.3 is 0 Å². The van der Waals surface area contributed by atoms with Gasteiger partial charge in [-0.2, -0.15) is 0 Å². The van der Waals surface area contributed by atoms with Crippen molar-refractivity contribution in [2.24, 2.45) is 5.73 Å². The monoisotopic (exact) mass is 264 g/mol. The molecule has 1 aromatic rings. The number of aliphatic hydroxyl groups is 1. The van der Waals surface area contributed by atoms with E-state index < -0.39 is 6.10 Å². The molecule has 0 aliphatic heterocycles. The molecule has 0 spiro atoms. The van der Waals surface area contributed by atoms with Gasteiger partial charge in [0.2, 0.25) is 0 Å². The highest BCUT2D eigenvalue weighted by molar-refractivity contribution is 5.37. The Kier molecular flexibility index (Phi) is 5.53. The molecular weight excluding hydrogens is 236 g/mol. The third-order valence-electron chi connectivity index (χ3n) is 3.54. The van der Waals surface area contributed by atoms with E-state index in [2.05, 4.69) is 45.1 Å². The van der Waals surface area contributed by atoms with Gasteiger partial charge in [0.1, 0.15) is 0 Å². The van der Waals surface area contributed by atoms with Crippen molar-refractivity contribution in [3.8, 4) is 0 Å². The molecule has 2 atom stereocenters. The van der Waals surface area contributed by atoms with E-state index in [0.717, 1.165) is 18.5 Å². The molecule has 108 valence electrons. The number of aliphatic hydroxyl groups excluding tert-OH is 1. The second-order valence-corrected chi connectivity index (χ2v) is 6.33. The molecule has 0 heterocycles. The average molecular weight is 264 g/mol. The van der Waals surface area contributed by atoms with Crippen LogP contribution < -0.4 is 11.1 Å². The number of nitrogens with one attached hydrogen (secondary N) is 1. The topological polar surface area (TPSA) is 58.3 Å². The van der Waals surface area contributed by atoms with Crippen LogP contribution in [0, 0.1) is 6.92 Å². The van der Waals surface area contributed by atoms with Gasteiger partial charge in [0.25, 0.3) is 0 Å². The van der Waals surface area contributed by atoms with Gasteiger partial charge in [-0.3, -0.25) is 0 Å². The van der Waals surface area contributed by atoms with E-state index in [1.54, 1.807) is 0 Å². The van der Waals surface area contributed by atoms with E-state index in [0.29, 0.717) is 0 Å². The molecule has 0 aliphatic carbocycles. The lowest BCUT2D eigenvalue weighted by Gasteiger charge is -2.25. The number of rotatable bonds is 5. The molecule has 1 aromatic carbocycles. The molecule has 19 heavy (non-hydrogen) atoms. The summed E-state index contributed by atoms with van der Waals surface area (Å²) in [6, 6.07) is 5.92. The van der Waals surface area contributed by atoms with Gasteiger partial charge in [-0.1, -0.05) is 39.0 Å². The van der Waals surface area contributed by atoms with E-state index in [4.69, 9.17) is 5.73 Å². The Hall–Kier alpha value is -0.900. The van der Waals surface area contributed by atoms with Crippen molar-refractivity contribution in [2.45, 2.75) is 51.7 Å². The van der Waals surface area contributed by atoms with Gasteiger partial charge in [0.05, 0.1) is 6.10 Å². The van der Waals surface area contributed by atoms with Crippen LogP contribution in [0.3, 0.4) is 0 Å². The highest BCUT2D eigenvalue weighted by Crippen LogP contribution is 2.29. The van der Waals surface area contributed by atoms with Gasteiger partial charge in [0, 0.05) is 6.04 Å². The lowest BCUT2D eigenvalue weighted by Crippen LogP contribution is -2.31. The molecular formula is C16H28N2O. The highest BCUT2D eigenvalue weighted by atomic mass is 16.3. The molecule has 0 radical (unpaired) electrons. The fraction of sp³-hybridized carbons (Fsp3) is 0.625. The molecule has 0 aromatic heterocycles. The van der Waals surface area contributed by atoms with Crippen molar-refractivity contribution >= 4 is 0 Å². The zero-order valence-electron chi connectivity index (χ0n) is 12.8. The van der Waals surface area contributed by atoms with Crippen molar-refractivity contribution in [3.63, 3.8) is 0 Å². The van der Waals surface area contributed by atoms with E-state index in [1.165, 1.54) is 11.1 Å². The van der Waals surface area contributed by atoms with E-state index in [-0.39, 0.29) is 11.5 Å². The van der Waals surface area contributed by atoms with Crippen LogP contribution in [-0.2, 0) is 5.41 Å². The summed E-state index contributed by atoms with van der Waals surface area (Å²) in [6.07, 6.45) is 0.159. The number of benzene rings is 1. The summed E-state index contributed by atoms with van der Waals surface area (Å²) in [5.74, 6) is 0. The van der Waals surface area contributed by atoms with Crippen LogP contribution in [0.25, 0.3) is 0 Å². The van der Waals surface area contributed by atoms with Crippen LogP contribution in [0.5, 0.6) is 0 Å². The predicted molar refractivity (Wildman–Crippen MR) is 81.4 cm³/mol. The zero-order valence-corrected chi connectivity index (χ0v) is 12.8. The van der Waals surface area contributed by atoms with Crippen molar-refractivity contribution < 1.29 is 5.11 Å². The Morgan fingerprint density at radius 3 is 2.47 bits per heavy atom. The molecule has 2 unspecified atom stereocenters. The minimum Gasteiger partial charge on any atom is -0.387 e. The molecule has 3 heteroatoms. The molecule has 4 N–H and O–H groups in total. The highest BCUT2D eigenvalue weighted by Gasteiger charge is 2.21. The first kappa shape index (κ1) is 16.2. The third-order valence-corrected chi connectivity index (χ3v) is 3.54. The second-order valence-electron chi connectivity index (χ2n) is 6.33. The zero-order chi connectivity index (χ0) is 14.6. The molecule has 0 saturated heterocycles. The molecule has 0 amide bonds. The molecule has 0 fully saturated rings. The number of aryl methyl sites for hydroxylation is 1. The van der Waals surface area contributed by atoms with Gasteiger partial charge in [-0.25, -0.2) is 0 Å². The number of hydrogen-bond acceptors (Lipinski definition) is 3. The molecule has 0 saturated carbocycles. The maximum atomic E-state index is 10.3. The van der Waals surface area contributed by atoms with Gasteiger partial charge in [-0.15, -0.1) is 0 Å². The Morgan fingerprint density at radius 1 is 1.32 bits per heavy atom. The summed E-state index contributed by atoms with van der Waals surface area (Å²) in [4.78, 5) is 0. The van der Waals surface area contributed by atoms with Gasteiger partial charge in [-0.05, 0) is 49.0 Å². The maximum absolute atomic E-state index is 10.3. The summed E-state index contributed by atoms with van der Waals surface area (Å²) in [7, 11) is 1.89. The first-order valence-corrected chi connectivity index (χ1v) is 6.96. The lowest BCUT2D eigenvalue weighted by atomic mass is 9.82. The van der Waals surface area contributed by atoms with Crippen LogP contribution in [0.15, 0.2) is 18.2 Å². The summed E-state index contributed by atoms with van der Waals surface area (Å²) in [6.45, 7) is 9.49. The normalized spacial score (nSPS) is 15.3. The van der Waals surface area contributed by atoms with Crippen molar-refractivity contribution in [2.75, 3.05) is 13.6 Å². The largest absolute Gasteiger partial charge is 0.387 e. The van der Waals surface area contributed by atoms with Crippen molar-refractivity contribution in [3.05, 3.63) is 34.9 Å². The minimum atomic E-state index is -0.602. The first-order valence-electron chi connectivity index (χ1n) is 6.96. The Bertz CT molecular complexity index is 410. The van der Waals surface area contributed by atoms with Gasteiger partial charge in [0.15, 0.2) is 0 Å². The SMILES string of the molecule is CNCCC(N)C(O)c1ccc(C)c(C(C)(C)C)c1. The molecule has 0 bridgehead atoms. The fourth-order valence-corrected chi connectivity index (χ4v) is 2.35. The standard InChI is InChI=1S/C16H28N2O/c1-11-6-7-12(10-13(11)16(2,3)4)15(19)14(17)8-9-18-5/h6-7,10,14-15,18-19H,8-9,17H2,1-5H3. The van der Waals surface area contributed by atoms with Crippen LogP contribution >= 0.6 is 0 Å². The third kappa shape index (κ3) is 4.30. The van der Waals surface area contributed by atoms with E-state index >= 15 is 0 Å². The summed E-state index contributed by atoms with van der Waals surface area (Å²) >= 11 is 0. The second kappa shape index (κ2) is 6.51. The van der Waals surface area contributed by atoms with Crippen LogP contribution in [-0.4, -0.2) is 24.7 Å². The lowest BCUT2D eigenvalue weighted by molar-refractivity contribution is 0.142. The van der Waals surface area contributed by atoms with Crippen molar-refractivity contribution in [1.29, 1.82) is 0 Å². The maximum Gasteiger partial charge on any atom is 0.0941 e. The fourth-order valence-electron chi connectivity index (χ4n) is 2.35. The summed E-state index contributed by atoms with van der Waals surface area (Å²) in [5.41, 5.74) is 9.56. The predicted octanol–water partition coefficient (Wildman–Crippen LogP) is 2.26. The van der Waals surface area contributed by atoms with Crippen LogP contribution in [0.4, 0.5) is 0 Å². The smallest absolute Gasteiger partial charge is 0.0941 e. The Morgan fingerprint density at radius 2 is 1.95 bits per heavy atom. The Labute approximate surface area is 117 Å². The molecule has 1 rings (SSSR count). The van der Waals surface area contributed by atoms with Crippen LogP contribution in [0.1, 0.15) is 50.0 Å². The van der Waals surface area contributed by atoms with E-state index in [1.807, 2.05) is 13.1 Å².